The van der Waals surface area contributed by atoms with Crippen LogP contribution in [0.4, 0.5) is 21.5 Å². The number of halogens is 2. The van der Waals surface area contributed by atoms with Gasteiger partial charge in [-0.2, -0.15) is 0 Å². The Balaban J connectivity index is 3.10. The van der Waals surface area contributed by atoms with Crippen LogP contribution < -0.4 is 16.8 Å². The number of rotatable bonds is 4. The standard InChI is InChI=1S/C12H19ClFN3/c1-4-9(6(2)3)17-12-8(16)5-7(15)10(13)11(12)14/h5-6,9,17H,4,15-16H2,1-3H3. The van der Waals surface area contributed by atoms with E-state index in [0.717, 1.165) is 6.42 Å². The predicted molar refractivity (Wildman–Crippen MR) is 72.8 cm³/mol. The molecule has 5 N–H and O–H groups in total. The normalized spacial score (nSPS) is 12.8. The third kappa shape index (κ3) is 2.94. The molecule has 1 atom stereocenters. The van der Waals surface area contributed by atoms with Gasteiger partial charge in [-0.05, 0) is 18.4 Å². The minimum atomic E-state index is -0.580. The van der Waals surface area contributed by atoms with Gasteiger partial charge in [0.05, 0.1) is 17.1 Å². The van der Waals surface area contributed by atoms with Gasteiger partial charge in [0.2, 0.25) is 0 Å². The summed E-state index contributed by atoms with van der Waals surface area (Å²) in [5.41, 5.74) is 12.0. The van der Waals surface area contributed by atoms with Crippen LogP contribution in [0.2, 0.25) is 5.02 Å². The summed E-state index contributed by atoms with van der Waals surface area (Å²) in [6.45, 7) is 6.16. The monoisotopic (exact) mass is 259 g/mol. The minimum absolute atomic E-state index is 0.0830. The average molecular weight is 260 g/mol. The smallest absolute Gasteiger partial charge is 0.169 e. The summed E-state index contributed by atoms with van der Waals surface area (Å²) in [6, 6.07) is 1.62. The van der Waals surface area contributed by atoms with Gasteiger partial charge in [-0.3, -0.25) is 0 Å². The Hall–Kier alpha value is -1.16. The SMILES string of the molecule is CCC(Nc1c(N)cc(N)c(Cl)c1F)C(C)C. The molecule has 1 unspecified atom stereocenters. The molecule has 1 aromatic carbocycles. The zero-order chi connectivity index (χ0) is 13.2. The lowest BCUT2D eigenvalue weighted by Gasteiger charge is -2.23. The van der Waals surface area contributed by atoms with Crippen LogP contribution in [0.1, 0.15) is 27.2 Å². The van der Waals surface area contributed by atoms with Crippen LogP contribution in [0.25, 0.3) is 0 Å². The predicted octanol–water partition coefficient (Wildman–Crippen LogP) is 3.49. The van der Waals surface area contributed by atoms with Gasteiger partial charge in [-0.25, -0.2) is 4.39 Å². The first-order chi connectivity index (χ1) is 7.88. The van der Waals surface area contributed by atoms with Gasteiger partial charge in [-0.15, -0.1) is 0 Å². The summed E-state index contributed by atoms with van der Waals surface area (Å²) >= 11 is 5.77. The Kier molecular flexibility index (Phi) is 4.46. The first-order valence-electron chi connectivity index (χ1n) is 5.67. The molecule has 0 aliphatic carbocycles. The van der Waals surface area contributed by atoms with E-state index in [-0.39, 0.29) is 28.1 Å². The average Bonchev–Trinajstić information content (AvgIpc) is 2.26. The van der Waals surface area contributed by atoms with Crippen molar-refractivity contribution in [3.63, 3.8) is 0 Å². The first-order valence-corrected chi connectivity index (χ1v) is 6.05. The van der Waals surface area contributed by atoms with Gasteiger partial charge < -0.3 is 16.8 Å². The highest BCUT2D eigenvalue weighted by Crippen LogP contribution is 2.34. The highest BCUT2D eigenvalue weighted by molar-refractivity contribution is 6.33. The van der Waals surface area contributed by atoms with Crippen LogP contribution in [-0.4, -0.2) is 6.04 Å². The molecule has 96 valence electrons. The van der Waals surface area contributed by atoms with E-state index in [2.05, 4.69) is 19.2 Å². The maximum Gasteiger partial charge on any atom is 0.169 e. The van der Waals surface area contributed by atoms with E-state index in [1.54, 1.807) is 0 Å². The Morgan fingerprint density at radius 3 is 2.41 bits per heavy atom. The Morgan fingerprint density at radius 2 is 1.94 bits per heavy atom. The van der Waals surface area contributed by atoms with Crippen molar-refractivity contribution in [1.82, 2.24) is 0 Å². The van der Waals surface area contributed by atoms with Gasteiger partial charge >= 0.3 is 0 Å². The number of benzene rings is 1. The third-order valence-corrected chi connectivity index (χ3v) is 3.22. The molecule has 1 aromatic rings. The molecule has 0 saturated carbocycles. The Morgan fingerprint density at radius 1 is 1.35 bits per heavy atom. The highest BCUT2D eigenvalue weighted by atomic mass is 35.5. The van der Waals surface area contributed by atoms with Crippen molar-refractivity contribution in [1.29, 1.82) is 0 Å². The molecule has 0 fully saturated rings. The van der Waals surface area contributed by atoms with Crippen molar-refractivity contribution >= 4 is 28.7 Å². The summed E-state index contributed by atoms with van der Waals surface area (Å²) in [5.74, 6) is -0.210. The summed E-state index contributed by atoms with van der Waals surface area (Å²) in [6.07, 6.45) is 0.874. The van der Waals surface area contributed by atoms with Gasteiger partial charge in [0.1, 0.15) is 5.02 Å². The Bertz CT molecular complexity index is 407. The number of nitrogens with one attached hydrogen (secondary N) is 1. The van der Waals surface area contributed by atoms with E-state index >= 15 is 0 Å². The fourth-order valence-corrected chi connectivity index (χ4v) is 1.89. The second-order valence-electron chi connectivity index (χ2n) is 4.46. The van der Waals surface area contributed by atoms with Crippen molar-refractivity contribution in [3.05, 3.63) is 16.9 Å². The third-order valence-electron chi connectivity index (χ3n) is 2.84. The molecule has 0 saturated heterocycles. The van der Waals surface area contributed by atoms with Crippen molar-refractivity contribution in [2.24, 2.45) is 5.92 Å². The van der Waals surface area contributed by atoms with Crippen LogP contribution in [0.3, 0.4) is 0 Å². The summed E-state index contributed by atoms with van der Waals surface area (Å²) < 4.78 is 13.9. The van der Waals surface area contributed by atoms with E-state index in [0.29, 0.717) is 5.92 Å². The molecule has 0 aromatic heterocycles. The molecule has 0 aliphatic heterocycles. The molecule has 1 rings (SSSR count). The molecule has 0 radical (unpaired) electrons. The number of nitrogens with two attached hydrogens (primary N) is 2. The van der Waals surface area contributed by atoms with Gasteiger partial charge in [-0.1, -0.05) is 32.4 Å². The van der Waals surface area contributed by atoms with Crippen LogP contribution in [0.5, 0.6) is 0 Å². The Labute approximate surface area is 106 Å². The second kappa shape index (κ2) is 5.45. The molecule has 3 nitrogen and oxygen atoms in total. The molecule has 0 amide bonds. The van der Waals surface area contributed by atoms with Crippen LogP contribution >= 0.6 is 11.6 Å². The molecule has 0 aliphatic rings. The largest absolute Gasteiger partial charge is 0.397 e. The van der Waals surface area contributed by atoms with E-state index in [4.69, 9.17) is 23.1 Å². The number of nitrogen functional groups attached to an aromatic ring is 2. The maximum atomic E-state index is 13.9. The molecular formula is C12H19ClFN3. The molecule has 5 heteroatoms. The molecule has 0 spiro atoms. The van der Waals surface area contributed by atoms with E-state index < -0.39 is 5.82 Å². The number of hydrogen-bond donors (Lipinski definition) is 3. The molecule has 0 bridgehead atoms. The number of anilines is 3. The first kappa shape index (κ1) is 13.9. The summed E-state index contributed by atoms with van der Waals surface area (Å²) in [4.78, 5) is 0. The minimum Gasteiger partial charge on any atom is -0.397 e. The van der Waals surface area contributed by atoms with Crippen molar-refractivity contribution in [3.8, 4) is 0 Å². The lowest BCUT2D eigenvalue weighted by Crippen LogP contribution is -2.25. The zero-order valence-electron chi connectivity index (χ0n) is 10.3. The maximum absolute atomic E-state index is 13.9. The van der Waals surface area contributed by atoms with Crippen LogP contribution in [-0.2, 0) is 0 Å². The van der Waals surface area contributed by atoms with Crippen molar-refractivity contribution < 1.29 is 4.39 Å². The van der Waals surface area contributed by atoms with Gasteiger partial charge in [0, 0.05) is 6.04 Å². The van der Waals surface area contributed by atoms with E-state index in [1.807, 2.05) is 6.92 Å². The molecule has 0 heterocycles. The highest BCUT2D eigenvalue weighted by Gasteiger charge is 2.18. The summed E-state index contributed by atoms with van der Waals surface area (Å²) in [5, 5.41) is 3.01. The molecular weight excluding hydrogens is 241 g/mol. The summed E-state index contributed by atoms with van der Waals surface area (Å²) in [7, 11) is 0. The van der Waals surface area contributed by atoms with Crippen LogP contribution in [0.15, 0.2) is 6.07 Å². The number of hydrogen-bond acceptors (Lipinski definition) is 3. The fourth-order valence-electron chi connectivity index (χ4n) is 1.74. The van der Waals surface area contributed by atoms with Crippen molar-refractivity contribution in [2.75, 3.05) is 16.8 Å². The van der Waals surface area contributed by atoms with E-state index in [1.165, 1.54) is 6.07 Å². The van der Waals surface area contributed by atoms with Crippen LogP contribution in [0, 0.1) is 11.7 Å². The van der Waals surface area contributed by atoms with Gasteiger partial charge in [0.15, 0.2) is 5.82 Å². The lowest BCUT2D eigenvalue weighted by molar-refractivity contribution is 0.507. The van der Waals surface area contributed by atoms with Crippen molar-refractivity contribution in [2.45, 2.75) is 33.2 Å². The topological polar surface area (TPSA) is 64.1 Å². The van der Waals surface area contributed by atoms with Gasteiger partial charge in [0.25, 0.3) is 0 Å². The lowest BCUT2D eigenvalue weighted by atomic mass is 10.0. The quantitative estimate of drug-likeness (QED) is 0.726. The zero-order valence-corrected chi connectivity index (χ0v) is 11.1. The second-order valence-corrected chi connectivity index (χ2v) is 4.84. The molecule has 17 heavy (non-hydrogen) atoms. The fraction of sp³-hybridized carbons (Fsp3) is 0.500. The van der Waals surface area contributed by atoms with E-state index in [9.17, 15) is 4.39 Å².